The molecule has 0 N–H and O–H groups in total. The van der Waals surface area contributed by atoms with Crippen molar-refractivity contribution in [3.05, 3.63) is 10.4 Å². The lowest BCUT2D eigenvalue weighted by Crippen LogP contribution is -2.55. The molecule has 0 spiro atoms. The molecule has 0 aromatic rings. The van der Waals surface area contributed by atoms with E-state index in [2.05, 4.69) is 10.0 Å². The molecule has 10 heteroatoms. The van der Waals surface area contributed by atoms with Gasteiger partial charge in [0.1, 0.15) is 25.0 Å². The number of hydrogen-bond donors (Lipinski definition) is 0. The number of nitrogens with zero attached hydrogens (tertiary/aromatic N) is 3. The molecule has 0 radical (unpaired) electrons. The van der Waals surface area contributed by atoms with Crippen LogP contribution in [0.25, 0.3) is 10.4 Å². The number of esters is 3. The number of rotatable bonds is 4. The van der Waals surface area contributed by atoms with Crippen molar-refractivity contribution in [3.8, 4) is 0 Å². The highest BCUT2D eigenvalue weighted by Gasteiger charge is 2.54. The molecule has 2 aliphatic heterocycles. The van der Waals surface area contributed by atoms with Gasteiger partial charge in [0.2, 0.25) is 0 Å². The van der Waals surface area contributed by atoms with Gasteiger partial charge in [0.05, 0.1) is 6.42 Å². The molecule has 0 unspecified atom stereocenters. The Kier molecular flexibility index (Phi) is 4.84. The SMILES string of the molecule is CC(=O)OC[C@H]1O[C@H](N=[N+]=[N-])[C@@H]2CC(=O)O[C@@H]2[C@H]1OC(C)=O. The van der Waals surface area contributed by atoms with Crippen LogP contribution in [0.1, 0.15) is 20.3 Å². The monoisotopic (exact) mass is 313 g/mol. The third-order valence-corrected chi connectivity index (χ3v) is 3.38. The summed E-state index contributed by atoms with van der Waals surface area (Å²) in [7, 11) is 0. The minimum atomic E-state index is -0.964. The van der Waals surface area contributed by atoms with Crippen LogP contribution < -0.4 is 0 Å². The van der Waals surface area contributed by atoms with Crippen molar-refractivity contribution in [3.63, 3.8) is 0 Å². The van der Waals surface area contributed by atoms with Crippen LogP contribution in [0, 0.1) is 5.92 Å². The molecule has 0 amide bonds. The van der Waals surface area contributed by atoms with Gasteiger partial charge < -0.3 is 18.9 Å². The summed E-state index contributed by atoms with van der Waals surface area (Å²) >= 11 is 0. The Bertz CT molecular complexity index is 531. The summed E-state index contributed by atoms with van der Waals surface area (Å²) in [6.07, 6.45) is -3.60. The van der Waals surface area contributed by atoms with Crippen molar-refractivity contribution in [1.29, 1.82) is 0 Å². The molecule has 2 saturated heterocycles. The van der Waals surface area contributed by atoms with Crippen molar-refractivity contribution in [2.24, 2.45) is 11.0 Å². The molecule has 10 nitrogen and oxygen atoms in total. The zero-order chi connectivity index (χ0) is 16.3. The normalized spacial score (nSPS) is 33.2. The Labute approximate surface area is 125 Å². The van der Waals surface area contributed by atoms with Crippen LogP contribution in [0.2, 0.25) is 0 Å². The first kappa shape index (κ1) is 16.1. The van der Waals surface area contributed by atoms with Gasteiger partial charge in [0.25, 0.3) is 0 Å². The molecule has 0 bridgehead atoms. The van der Waals surface area contributed by atoms with Gasteiger partial charge in [0, 0.05) is 24.7 Å². The second-order valence-electron chi connectivity index (χ2n) is 4.97. The third-order valence-electron chi connectivity index (χ3n) is 3.38. The zero-order valence-corrected chi connectivity index (χ0v) is 12.0. The molecule has 2 fully saturated rings. The molecule has 0 aromatic carbocycles. The Morgan fingerprint density at radius 2 is 2.14 bits per heavy atom. The lowest BCUT2D eigenvalue weighted by molar-refractivity contribution is -0.216. The van der Waals surface area contributed by atoms with E-state index in [9.17, 15) is 14.4 Å². The minimum absolute atomic E-state index is 0.00754. The third kappa shape index (κ3) is 3.46. The number of azide groups is 1. The summed E-state index contributed by atoms with van der Waals surface area (Å²) in [4.78, 5) is 36.4. The average Bonchev–Trinajstić information content (AvgIpc) is 2.81. The van der Waals surface area contributed by atoms with Gasteiger partial charge in [0.15, 0.2) is 6.10 Å². The van der Waals surface area contributed by atoms with Crippen LogP contribution in [-0.4, -0.2) is 49.1 Å². The maximum atomic E-state index is 11.5. The number of hydrogen-bond acceptors (Lipinski definition) is 8. The predicted octanol–water partition coefficient (Wildman–Crippen LogP) is 0.448. The quantitative estimate of drug-likeness (QED) is 0.241. The summed E-state index contributed by atoms with van der Waals surface area (Å²) in [5, 5.41) is 3.50. The first-order valence-corrected chi connectivity index (χ1v) is 6.62. The van der Waals surface area contributed by atoms with Crippen molar-refractivity contribution in [1.82, 2.24) is 0 Å². The average molecular weight is 313 g/mol. The molecule has 5 atom stereocenters. The first-order valence-electron chi connectivity index (χ1n) is 6.62. The largest absolute Gasteiger partial charge is 0.463 e. The molecule has 0 aliphatic carbocycles. The number of fused-ring (bicyclic) bond motifs is 1. The molecule has 0 saturated carbocycles. The fourth-order valence-corrected chi connectivity index (χ4v) is 2.57. The van der Waals surface area contributed by atoms with E-state index in [1.165, 1.54) is 13.8 Å². The topological polar surface area (TPSA) is 137 Å². The van der Waals surface area contributed by atoms with Crippen molar-refractivity contribution in [2.75, 3.05) is 6.61 Å². The Morgan fingerprint density at radius 3 is 2.73 bits per heavy atom. The fourth-order valence-electron chi connectivity index (χ4n) is 2.57. The molecule has 0 aromatic heterocycles. The summed E-state index contributed by atoms with van der Waals surface area (Å²) in [6, 6.07) is 0. The van der Waals surface area contributed by atoms with E-state index in [0.717, 1.165) is 0 Å². The summed E-state index contributed by atoms with van der Waals surface area (Å²) in [5.41, 5.74) is 8.60. The molecule has 2 aliphatic rings. The van der Waals surface area contributed by atoms with Crippen molar-refractivity contribution < 1.29 is 33.3 Å². The van der Waals surface area contributed by atoms with E-state index >= 15 is 0 Å². The molecule has 2 heterocycles. The zero-order valence-electron chi connectivity index (χ0n) is 12.0. The molecule has 120 valence electrons. The fraction of sp³-hybridized carbons (Fsp3) is 0.750. The van der Waals surface area contributed by atoms with Crippen LogP contribution in [0.15, 0.2) is 5.11 Å². The highest BCUT2D eigenvalue weighted by atomic mass is 16.6. The maximum Gasteiger partial charge on any atom is 0.306 e. The first-order chi connectivity index (χ1) is 10.4. The van der Waals surface area contributed by atoms with E-state index in [0.29, 0.717) is 0 Å². The lowest BCUT2D eigenvalue weighted by Gasteiger charge is -2.40. The molecule has 22 heavy (non-hydrogen) atoms. The Balaban J connectivity index is 2.24. The van der Waals surface area contributed by atoms with Crippen LogP contribution >= 0.6 is 0 Å². The standard InChI is InChI=1S/C12H15N3O7/c1-5(16)19-4-8-11(20-6(2)17)10-7(3-9(18)22-10)12(21-8)14-15-13/h7-8,10-12H,3-4H2,1-2H3/t7-,8-,10+,11+,12+/m1/s1. The molecular weight excluding hydrogens is 298 g/mol. The van der Waals surface area contributed by atoms with Crippen LogP contribution in [0.3, 0.4) is 0 Å². The summed E-state index contributed by atoms with van der Waals surface area (Å²) in [5.74, 6) is -2.19. The summed E-state index contributed by atoms with van der Waals surface area (Å²) in [6.45, 7) is 2.20. The number of ether oxygens (including phenoxy) is 4. The van der Waals surface area contributed by atoms with E-state index in [1.807, 2.05) is 0 Å². The van der Waals surface area contributed by atoms with Crippen LogP contribution in [0.4, 0.5) is 0 Å². The summed E-state index contributed by atoms with van der Waals surface area (Å²) < 4.78 is 20.7. The van der Waals surface area contributed by atoms with Crippen molar-refractivity contribution >= 4 is 17.9 Å². The van der Waals surface area contributed by atoms with E-state index < -0.39 is 48.4 Å². The highest BCUT2D eigenvalue weighted by Crippen LogP contribution is 2.38. The van der Waals surface area contributed by atoms with Gasteiger partial charge in [-0.2, -0.15) is 0 Å². The highest BCUT2D eigenvalue weighted by molar-refractivity contribution is 5.73. The van der Waals surface area contributed by atoms with Gasteiger partial charge >= 0.3 is 17.9 Å². The van der Waals surface area contributed by atoms with Gasteiger partial charge in [-0.05, 0) is 5.53 Å². The van der Waals surface area contributed by atoms with E-state index in [-0.39, 0.29) is 13.0 Å². The predicted molar refractivity (Wildman–Crippen MR) is 68.0 cm³/mol. The van der Waals surface area contributed by atoms with Gasteiger partial charge in [-0.3, -0.25) is 14.4 Å². The van der Waals surface area contributed by atoms with Crippen molar-refractivity contribution in [2.45, 2.75) is 44.8 Å². The number of carbonyl (C=O) groups is 3. The molecule has 2 rings (SSSR count). The van der Waals surface area contributed by atoms with Gasteiger partial charge in [-0.25, -0.2) is 0 Å². The van der Waals surface area contributed by atoms with Crippen LogP contribution in [-0.2, 0) is 33.3 Å². The second-order valence-corrected chi connectivity index (χ2v) is 4.97. The van der Waals surface area contributed by atoms with Gasteiger partial charge in [-0.1, -0.05) is 5.11 Å². The van der Waals surface area contributed by atoms with E-state index in [1.54, 1.807) is 0 Å². The lowest BCUT2D eigenvalue weighted by atomic mass is 9.89. The smallest absolute Gasteiger partial charge is 0.306 e. The molecular formula is C12H15N3O7. The van der Waals surface area contributed by atoms with E-state index in [4.69, 9.17) is 24.5 Å². The second kappa shape index (κ2) is 6.63. The minimum Gasteiger partial charge on any atom is -0.463 e. The van der Waals surface area contributed by atoms with Crippen LogP contribution in [0.5, 0.6) is 0 Å². The number of carbonyl (C=O) groups excluding carboxylic acids is 3. The van der Waals surface area contributed by atoms with Gasteiger partial charge in [-0.15, -0.1) is 0 Å². The Morgan fingerprint density at radius 1 is 1.41 bits per heavy atom. The maximum absolute atomic E-state index is 11.5. The Hall–Kier alpha value is -2.32.